The molecule has 3 aromatic carbocycles. The molecule has 155 valence electrons. The van der Waals surface area contributed by atoms with E-state index < -0.39 is 25.7 Å². The zero-order chi connectivity index (χ0) is 21.7. The van der Waals surface area contributed by atoms with Gasteiger partial charge in [-0.1, -0.05) is 0 Å². The topological polar surface area (TPSA) is 50.2 Å². The molecule has 0 aliphatic heterocycles. The fourth-order valence-corrected chi connectivity index (χ4v) is 11.4. The molecule has 0 aliphatic rings. The monoisotopic (exact) mass is 516 g/mol. The van der Waals surface area contributed by atoms with Crippen molar-refractivity contribution >= 4 is 25.7 Å². The van der Waals surface area contributed by atoms with Crippen LogP contribution in [0.15, 0.2) is 116 Å². The molecule has 4 aromatic rings. The maximum absolute atomic E-state index is 10.2. The van der Waals surface area contributed by atoms with E-state index in [2.05, 4.69) is 96.0 Å². The van der Waals surface area contributed by atoms with E-state index in [0.29, 0.717) is 0 Å². The number of benzene rings is 3. The van der Waals surface area contributed by atoms with Crippen molar-refractivity contribution < 1.29 is 9.90 Å². The van der Waals surface area contributed by atoms with Crippen molar-refractivity contribution in [2.45, 2.75) is 13.3 Å². The molecule has 1 N–H and O–H groups in total. The van der Waals surface area contributed by atoms with Gasteiger partial charge in [-0.25, -0.2) is 4.79 Å². The van der Waals surface area contributed by atoms with Crippen LogP contribution in [-0.4, -0.2) is 35.8 Å². The number of carboxylic acid groups (broad SMARTS) is 1. The first-order chi connectivity index (χ1) is 15.2. The van der Waals surface area contributed by atoms with Crippen LogP contribution in [0.25, 0.3) is 0 Å². The van der Waals surface area contributed by atoms with Crippen LogP contribution in [0.5, 0.6) is 0 Å². The Balaban J connectivity index is 0.000000254. The SMILES string of the molecule is O=C(O)c1cccnc1.c1ccc([CH2][Sn]([CH2]c2ccccc2)[CH2]c2ccccc2)cc1. The van der Waals surface area contributed by atoms with E-state index in [4.69, 9.17) is 5.11 Å². The number of nitrogens with zero attached hydrogens (tertiary/aromatic N) is 1. The van der Waals surface area contributed by atoms with Crippen LogP contribution in [0.2, 0.25) is 0 Å². The number of rotatable bonds is 7. The molecule has 0 spiro atoms. The van der Waals surface area contributed by atoms with Crippen LogP contribution in [0.4, 0.5) is 0 Å². The van der Waals surface area contributed by atoms with Crippen LogP contribution in [0, 0.1) is 0 Å². The summed E-state index contributed by atoms with van der Waals surface area (Å²) in [4.78, 5) is 13.8. The molecule has 1 heterocycles. The van der Waals surface area contributed by atoms with Gasteiger partial charge in [-0.05, 0) is 12.1 Å². The number of hydrogen-bond donors (Lipinski definition) is 1. The molecule has 3 nitrogen and oxygen atoms in total. The van der Waals surface area contributed by atoms with E-state index in [1.54, 1.807) is 6.07 Å². The maximum atomic E-state index is 10.2. The molecule has 0 bridgehead atoms. The first-order valence-electron chi connectivity index (χ1n) is 10.3. The zero-order valence-corrected chi connectivity index (χ0v) is 20.2. The Morgan fingerprint density at radius 2 is 1.06 bits per heavy atom. The van der Waals surface area contributed by atoms with Crippen LogP contribution < -0.4 is 0 Å². The number of aromatic carboxylic acids is 1. The average Bonchev–Trinajstić information content (AvgIpc) is 2.82. The first-order valence-corrected chi connectivity index (χ1v) is 16.3. The molecule has 0 aliphatic carbocycles. The Morgan fingerprint density at radius 1 is 0.645 bits per heavy atom. The summed E-state index contributed by atoms with van der Waals surface area (Å²) in [7, 11) is 0. The second kappa shape index (κ2) is 12.7. The average molecular weight is 515 g/mol. The van der Waals surface area contributed by atoms with Gasteiger partial charge in [-0.2, -0.15) is 0 Å². The van der Waals surface area contributed by atoms with Crippen LogP contribution in [-0.2, 0) is 13.3 Å². The molecular weight excluding hydrogens is 489 g/mol. The van der Waals surface area contributed by atoms with Crippen molar-refractivity contribution in [2.24, 2.45) is 0 Å². The van der Waals surface area contributed by atoms with Gasteiger partial charge in [0, 0.05) is 12.4 Å². The molecule has 4 heteroatoms. The van der Waals surface area contributed by atoms with Gasteiger partial charge in [0.25, 0.3) is 0 Å². The van der Waals surface area contributed by atoms with Crippen LogP contribution in [0.3, 0.4) is 0 Å². The Labute approximate surface area is 191 Å². The van der Waals surface area contributed by atoms with Gasteiger partial charge in [-0.3, -0.25) is 4.98 Å². The number of carbonyl (C=O) groups is 1. The van der Waals surface area contributed by atoms with E-state index in [0.717, 1.165) is 0 Å². The molecule has 0 saturated carbocycles. The molecule has 4 rings (SSSR count). The molecule has 1 radical (unpaired) electrons. The normalized spacial score (nSPS) is 10.2. The third-order valence-corrected chi connectivity index (χ3v) is 12.6. The van der Waals surface area contributed by atoms with Gasteiger partial charge in [0.05, 0.1) is 5.56 Å². The van der Waals surface area contributed by atoms with Crippen molar-refractivity contribution in [2.75, 3.05) is 0 Å². The van der Waals surface area contributed by atoms with Gasteiger partial charge in [0.1, 0.15) is 0 Å². The fraction of sp³-hybridized carbons (Fsp3) is 0.111. The van der Waals surface area contributed by atoms with Gasteiger partial charge < -0.3 is 5.11 Å². The van der Waals surface area contributed by atoms with Crippen LogP contribution in [0.1, 0.15) is 27.0 Å². The minimum atomic E-state index is -1.56. The summed E-state index contributed by atoms with van der Waals surface area (Å²) in [6.45, 7) is 0. The van der Waals surface area contributed by atoms with E-state index in [-0.39, 0.29) is 5.56 Å². The van der Waals surface area contributed by atoms with Crippen molar-refractivity contribution in [3.8, 4) is 0 Å². The summed E-state index contributed by atoms with van der Waals surface area (Å²) in [5.41, 5.74) is 4.77. The number of hydrogen-bond acceptors (Lipinski definition) is 2. The molecule has 31 heavy (non-hydrogen) atoms. The Morgan fingerprint density at radius 3 is 1.35 bits per heavy atom. The van der Waals surface area contributed by atoms with Crippen LogP contribution >= 0.6 is 0 Å². The number of carboxylic acids is 1. The molecule has 1 aromatic heterocycles. The summed E-state index contributed by atoms with van der Waals surface area (Å²) in [5.74, 6) is -0.942. The second-order valence-electron chi connectivity index (χ2n) is 7.28. The molecule has 0 atom stereocenters. The summed E-state index contributed by atoms with van der Waals surface area (Å²) in [6, 6.07) is 36.2. The van der Waals surface area contributed by atoms with Gasteiger partial charge in [-0.15, -0.1) is 0 Å². The molecule has 0 fully saturated rings. The predicted molar refractivity (Wildman–Crippen MR) is 127 cm³/mol. The summed E-state index contributed by atoms with van der Waals surface area (Å²) >= 11 is -1.56. The Bertz CT molecular complexity index is 927. The summed E-state index contributed by atoms with van der Waals surface area (Å²) in [5, 5.41) is 8.34. The van der Waals surface area contributed by atoms with Gasteiger partial charge in [0.15, 0.2) is 0 Å². The predicted octanol–water partition coefficient (Wildman–Crippen LogP) is 5.61. The second-order valence-corrected chi connectivity index (χ2v) is 14.6. The standard InChI is InChI=1S/3C7H7.C6H5NO2.Sn/c3*1-7-5-3-2-4-6-7;8-6(9)5-2-1-3-7-4-5;/h3*2-6H,1H2;1-4H,(H,8,9);. The van der Waals surface area contributed by atoms with E-state index in [1.165, 1.54) is 48.5 Å². The van der Waals surface area contributed by atoms with Crippen molar-refractivity contribution in [3.05, 3.63) is 138 Å². The van der Waals surface area contributed by atoms with Crippen molar-refractivity contribution in [1.29, 1.82) is 0 Å². The van der Waals surface area contributed by atoms with Gasteiger partial charge >= 0.3 is 147 Å². The van der Waals surface area contributed by atoms with E-state index in [1.807, 2.05) is 0 Å². The van der Waals surface area contributed by atoms with Gasteiger partial charge in [0.2, 0.25) is 0 Å². The van der Waals surface area contributed by atoms with Crippen molar-refractivity contribution in [1.82, 2.24) is 4.98 Å². The Hall–Kier alpha value is -2.92. The Kier molecular flexibility index (Phi) is 9.32. The van der Waals surface area contributed by atoms with Crippen molar-refractivity contribution in [3.63, 3.8) is 0 Å². The number of aromatic nitrogens is 1. The fourth-order valence-electron chi connectivity index (χ4n) is 3.33. The zero-order valence-electron chi connectivity index (χ0n) is 17.4. The quantitative estimate of drug-likeness (QED) is 0.326. The first kappa shape index (κ1) is 22.8. The number of pyridine rings is 1. The molecule has 0 amide bonds. The third-order valence-electron chi connectivity index (χ3n) is 4.80. The minimum absolute atomic E-state index is 0.220. The molecule has 0 unspecified atom stereocenters. The third kappa shape index (κ3) is 8.38. The molecular formula is C27H26NO2Sn. The summed E-state index contributed by atoms with van der Waals surface area (Å²) < 4.78 is 3.98. The summed E-state index contributed by atoms with van der Waals surface area (Å²) in [6.07, 6.45) is 2.84. The molecule has 0 saturated heterocycles. The van der Waals surface area contributed by atoms with E-state index in [9.17, 15) is 4.79 Å². The van der Waals surface area contributed by atoms with E-state index >= 15 is 0 Å².